The van der Waals surface area contributed by atoms with Gasteiger partial charge in [-0.2, -0.15) is 0 Å². The molecular formula is C29H27NO8. The van der Waals surface area contributed by atoms with Crippen LogP contribution in [0.1, 0.15) is 40.9 Å². The van der Waals surface area contributed by atoms with Crippen LogP contribution in [0, 0.1) is 0 Å². The van der Waals surface area contributed by atoms with E-state index in [1.807, 2.05) is 6.92 Å². The summed E-state index contributed by atoms with van der Waals surface area (Å²) in [6.07, 6.45) is 0.650. The summed E-state index contributed by atoms with van der Waals surface area (Å²) in [5.74, 6) is -2.03. The third-order valence-electron chi connectivity index (χ3n) is 6.11. The molecule has 0 bridgehead atoms. The first-order valence-electron chi connectivity index (χ1n) is 11.9. The molecule has 0 aromatic heterocycles. The fourth-order valence-corrected chi connectivity index (χ4v) is 4.27. The van der Waals surface area contributed by atoms with Crippen LogP contribution >= 0.6 is 0 Å². The number of nitrogens with zero attached hydrogens (tertiary/aromatic N) is 1. The molecule has 38 heavy (non-hydrogen) atoms. The van der Waals surface area contributed by atoms with Crippen LogP contribution in [0.2, 0.25) is 0 Å². The van der Waals surface area contributed by atoms with Crippen molar-refractivity contribution >= 4 is 29.1 Å². The number of carbonyl (C=O) groups excluding carboxylic acids is 3. The first-order chi connectivity index (χ1) is 18.3. The molecule has 0 aliphatic carbocycles. The van der Waals surface area contributed by atoms with Crippen molar-refractivity contribution in [3.63, 3.8) is 0 Å². The van der Waals surface area contributed by atoms with Crippen molar-refractivity contribution in [2.45, 2.75) is 19.4 Å². The molecule has 2 N–H and O–H groups in total. The SMILES string of the molecule is CCCOC(=O)c1cccc(N2C(=O)C(=O)/C(=C(/O)c3ccc(OC)c(OC)c3)C2c2ccc(O)cc2)c1. The molecule has 1 fully saturated rings. The van der Waals surface area contributed by atoms with Gasteiger partial charge >= 0.3 is 5.97 Å². The summed E-state index contributed by atoms with van der Waals surface area (Å²) in [7, 11) is 2.91. The minimum absolute atomic E-state index is 0.00809. The highest BCUT2D eigenvalue weighted by molar-refractivity contribution is 6.51. The maximum absolute atomic E-state index is 13.4. The van der Waals surface area contributed by atoms with Gasteiger partial charge in [0.15, 0.2) is 11.5 Å². The third-order valence-corrected chi connectivity index (χ3v) is 6.11. The molecule has 4 rings (SSSR count). The Morgan fingerprint density at radius 1 is 0.921 bits per heavy atom. The summed E-state index contributed by atoms with van der Waals surface area (Å²) in [6.45, 7) is 2.12. The van der Waals surface area contributed by atoms with Crippen LogP contribution in [0.3, 0.4) is 0 Å². The molecule has 9 nitrogen and oxygen atoms in total. The van der Waals surface area contributed by atoms with Crippen molar-refractivity contribution in [2.75, 3.05) is 25.7 Å². The van der Waals surface area contributed by atoms with E-state index < -0.39 is 29.5 Å². The van der Waals surface area contributed by atoms with Crippen LogP contribution in [0.4, 0.5) is 5.69 Å². The maximum atomic E-state index is 13.4. The smallest absolute Gasteiger partial charge is 0.338 e. The highest BCUT2D eigenvalue weighted by atomic mass is 16.5. The number of methoxy groups -OCH3 is 2. The summed E-state index contributed by atoms with van der Waals surface area (Å²) < 4.78 is 15.8. The van der Waals surface area contributed by atoms with Gasteiger partial charge in [-0.05, 0) is 60.5 Å². The molecular weight excluding hydrogens is 490 g/mol. The number of hydrogen-bond donors (Lipinski definition) is 2. The molecule has 196 valence electrons. The number of Topliss-reactive ketones (excluding diaryl/α,β-unsaturated/α-hetero) is 1. The van der Waals surface area contributed by atoms with Gasteiger partial charge in [0.05, 0.1) is 38.0 Å². The predicted molar refractivity (Wildman–Crippen MR) is 139 cm³/mol. The zero-order valence-electron chi connectivity index (χ0n) is 21.1. The minimum atomic E-state index is -1.05. The topological polar surface area (TPSA) is 123 Å². The Bertz CT molecular complexity index is 1410. The first-order valence-corrected chi connectivity index (χ1v) is 11.9. The van der Waals surface area contributed by atoms with Gasteiger partial charge in [0.1, 0.15) is 11.5 Å². The van der Waals surface area contributed by atoms with Crippen LogP contribution in [0.25, 0.3) is 5.76 Å². The van der Waals surface area contributed by atoms with Gasteiger partial charge in [0, 0.05) is 11.3 Å². The van der Waals surface area contributed by atoms with E-state index in [1.54, 1.807) is 42.5 Å². The lowest BCUT2D eigenvalue weighted by molar-refractivity contribution is -0.132. The average molecular weight is 518 g/mol. The van der Waals surface area contributed by atoms with Gasteiger partial charge in [-0.15, -0.1) is 0 Å². The molecule has 1 amide bonds. The van der Waals surface area contributed by atoms with E-state index in [2.05, 4.69) is 0 Å². The molecule has 1 aliphatic rings. The number of ether oxygens (including phenoxy) is 3. The number of aromatic hydroxyl groups is 1. The van der Waals surface area contributed by atoms with E-state index in [-0.39, 0.29) is 34.7 Å². The Morgan fingerprint density at radius 2 is 1.63 bits per heavy atom. The second-order valence-corrected chi connectivity index (χ2v) is 8.52. The van der Waals surface area contributed by atoms with Gasteiger partial charge in [-0.3, -0.25) is 14.5 Å². The number of ketones is 1. The number of esters is 1. The van der Waals surface area contributed by atoms with Crippen molar-refractivity contribution < 1.29 is 38.8 Å². The summed E-state index contributed by atoms with van der Waals surface area (Å²) in [4.78, 5) is 40.5. The number of carbonyl (C=O) groups is 3. The van der Waals surface area contributed by atoms with Gasteiger partial charge in [0.2, 0.25) is 0 Å². The lowest BCUT2D eigenvalue weighted by Gasteiger charge is -2.26. The normalized spacial score (nSPS) is 16.4. The number of anilines is 1. The molecule has 0 spiro atoms. The molecule has 0 saturated carbocycles. The third kappa shape index (κ3) is 4.90. The molecule has 1 unspecified atom stereocenters. The number of phenolic OH excluding ortho intramolecular Hbond substituents is 1. The van der Waals surface area contributed by atoms with E-state index in [0.29, 0.717) is 23.5 Å². The van der Waals surface area contributed by atoms with Gasteiger partial charge in [-0.1, -0.05) is 25.1 Å². The van der Waals surface area contributed by atoms with Gasteiger partial charge in [0.25, 0.3) is 11.7 Å². The Balaban J connectivity index is 1.88. The van der Waals surface area contributed by atoms with Crippen molar-refractivity contribution in [1.29, 1.82) is 0 Å². The maximum Gasteiger partial charge on any atom is 0.338 e. The zero-order chi connectivity index (χ0) is 27.4. The van der Waals surface area contributed by atoms with Crippen LogP contribution in [-0.4, -0.2) is 48.7 Å². The molecule has 1 atom stereocenters. The quantitative estimate of drug-likeness (QED) is 0.192. The highest BCUT2D eigenvalue weighted by Gasteiger charge is 2.47. The highest BCUT2D eigenvalue weighted by Crippen LogP contribution is 2.43. The Kier molecular flexibility index (Phi) is 7.66. The second-order valence-electron chi connectivity index (χ2n) is 8.52. The summed E-state index contributed by atoms with van der Waals surface area (Å²) in [5.41, 5.74) is 1.01. The standard InChI is InChI=1S/C29H27NO8/c1-4-14-38-29(35)19-6-5-7-20(15-19)30-25(17-8-11-21(31)12-9-17)24(27(33)28(30)34)26(32)18-10-13-22(36-2)23(16-18)37-3/h5-13,15-16,25,31-32H,4,14H2,1-3H3/b26-24+. The lowest BCUT2D eigenvalue weighted by Crippen LogP contribution is -2.29. The minimum Gasteiger partial charge on any atom is -0.508 e. The van der Waals surface area contributed by atoms with E-state index in [1.165, 1.54) is 43.4 Å². The largest absolute Gasteiger partial charge is 0.508 e. The second kappa shape index (κ2) is 11.1. The van der Waals surface area contributed by atoms with Crippen molar-refractivity contribution in [3.8, 4) is 17.2 Å². The Hall–Kier alpha value is -4.79. The first kappa shape index (κ1) is 26.3. The van der Waals surface area contributed by atoms with Gasteiger partial charge in [-0.25, -0.2) is 4.79 Å². The molecule has 0 radical (unpaired) electrons. The van der Waals surface area contributed by atoms with Crippen LogP contribution < -0.4 is 14.4 Å². The van der Waals surface area contributed by atoms with E-state index in [0.717, 1.165) is 0 Å². The van der Waals surface area contributed by atoms with E-state index in [9.17, 15) is 24.6 Å². The molecule has 1 saturated heterocycles. The number of benzene rings is 3. The monoisotopic (exact) mass is 517 g/mol. The molecule has 3 aromatic rings. The number of aliphatic hydroxyl groups is 1. The fourth-order valence-electron chi connectivity index (χ4n) is 4.27. The van der Waals surface area contributed by atoms with Crippen LogP contribution in [-0.2, 0) is 14.3 Å². The van der Waals surface area contributed by atoms with Crippen molar-refractivity contribution in [2.24, 2.45) is 0 Å². The summed E-state index contributed by atoms with van der Waals surface area (Å²) >= 11 is 0. The van der Waals surface area contributed by atoms with Crippen LogP contribution in [0.15, 0.2) is 72.3 Å². The molecule has 1 heterocycles. The lowest BCUT2D eigenvalue weighted by atomic mass is 9.95. The summed E-state index contributed by atoms with van der Waals surface area (Å²) in [6, 6.07) is 15.7. The number of phenols is 1. The number of hydrogen-bond acceptors (Lipinski definition) is 8. The molecule has 1 aliphatic heterocycles. The molecule has 3 aromatic carbocycles. The average Bonchev–Trinajstić information content (AvgIpc) is 3.21. The number of rotatable bonds is 8. The molecule has 9 heteroatoms. The zero-order valence-corrected chi connectivity index (χ0v) is 21.1. The number of amides is 1. The van der Waals surface area contributed by atoms with E-state index in [4.69, 9.17) is 14.2 Å². The number of aliphatic hydroxyl groups excluding tert-OH is 1. The Labute approximate surface area is 219 Å². The Morgan fingerprint density at radius 3 is 2.29 bits per heavy atom. The van der Waals surface area contributed by atoms with E-state index >= 15 is 0 Å². The fraction of sp³-hybridized carbons (Fsp3) is 0.207. The predicted octanol–water partition coefficient (Wildman–Crippen LogP) is 4.60. The van der Waals surface area contributed by atoms with Crippen molar-refractivity contribution in [1.82, 2.24) is 0 Å². The summed E-state index contributed by atoms with van der Waals surface area (Å²) in [5, 5.41) is 21.2. The van der Waals surface area contributed by atoms with Crippen LogP contribution in [0.5, 0.6) is 17.2 Å². The van der Waals surface area contributed by atoms with Gasteiger partial charge < -0.3 is 24.4 Å². The van der Waals surface area contributed by atoms with Crippen molar-refractivity contribution in [3.05, 3.63) is 89.0 Å².